The summed E-state index contributed by atoms with van der Waals surface area (Å²) in [5, 5.41) is 11.2. The van der Waals surface area contributed by atoms with E-state index in [1.165, 1.54) is 30.6 Å². The van der Waals surface area contributed by atoms with Crippen LogP contribution in [0.4, 0.5) is 0 Å². The zero-order valence-electron chi connectivity index (χ0n) is 16.1. The number of aromatic nitrogens is 2. The van der Waals surface area contributed by atoms with Crippen LogP contribution in [0.1, 0.15) is 38.3 Å². The normalized spacial score (nSPS) is 16.0. The van der Waals surface area contributed by atoms with E-state index >= 15 is 0 Å². The van der Waals surface area contributed by atoms with E-state index in [0.717, 1.165) is 24.7 Å². The Morgan fingerprint density at radius 3 is 2.56 bits per heavy atom. The number of aryl methyl sites for hydroxylation is 1. The molecular weight excluding hydrogens is 469 g/mol. The van der Waals surface area contributed by atoms with Crippen LogP contribution in [0.2, 0.25) is 0 Å². The lowest BCUT2D eigenvalue weighted by Gasteiger charge is -2.29. The molecule has 0 saturated heterocycles. The van der Waals surface area contributed by atoms with Gasteiger partial charge in [0, 0.05) is 36.0 Å². The van der Waals surface area contributed by atoms with Crippen molar-refractivity contribution >= 4 is 41.7 Å². The third kappa shape index (κ3) is 6.41. The summed E-state index contributed by atoms with van der Waals surface area (Å²) in [6.07, 6.45) is 6.94. The SMILES string of the molecule is CCNC(=NCc1ccnn1C)NCC1(Sc2ccccc2)CCCC1.I. The molecular formula is C20H30IN5S. The fraction of sp³-hybridized carbons (Fsp3) is 0.500. The summed E-state index contributed by atoms with van der Waals surface area (Å²) >= 11 is 2.02. The molecule has 27 heavy (non-hydrogen) atoms. The molecule has 5 nitrogen and oxygen atoms in total. The standard InChI is InChI=1S/C20H29N5S.HI/c1-3-21-19(22-15-17-11-14-24-25(17)2)23-16-20(12-7-8-13-20)26-18-9-5-4-6-10-18;/h4-6,9-11,14H,3,7-8,12-13,15-16H2,1-2H3,(H2,21,22,23);1H. The average Bonchev–Trinajstić information content (AvgIpc) is 3.28. The highest BCUT2D eigenvalue weighted by molar-refractivity contribution is 14.0. The Morgan fingerprint density at radius 2 is 1.93 bits per heavy atom. The van der Waals surface area contributed by atoms with Gasteiger partial charge in [-0.2, -0.15) is 5.10 Å². The molecule has 0 spiro atoms. The van der Waals surface area contributed by atoms with E-state index < -0.39 is 0 Å². The third-order valence-corrected chi connectivity index (χ3v) is 6.33. The van der Waals surface area contributed by atoms with E-state index in [1.807, 2.05) is 35.8 Å². The minimum absolute atomic E-state index is 0. The van der Waals surface area contributed by atoms with E-state index in [0.29, 0.717) is 6.54 Å². The quantitative estimate of drug-likeness (QED) is 0.341. The van der Waals surface area contributed by atoms with Crippen molar-refractivity contribution in [2.24, 2.45) is 12.0 Å². The first-order valence-electron chi connectivity index (χ1n) is 9.44. The number of hydrogen-bond donors (Lipinski definition) is 2. The molecule has 0 aliphatic heterocycles. The second-order valence-electron chi connectivity index (χ2n) is 6.80. The van der Waals surface area contributed by atoms with Crippen molar-refractivity contribution in [3.05, 3.63) is 48.3 Å². The maximum absolute atomic E-state index is 4.74. The molecule has 0 radical (unpaired) electrons. The molecule has 148 valence electrons. The number of thioether (sulfide) groups is 1. The largest absolute Gasteiger partial charge is 0.357 e. The molecule has 2 N–H and O–H groups in total. The number of nitrogens with one attached hydrogen (secondary N) is 2. The molecule has 1 aromatic heterocycles. The summed E-state index contributed by atoms with van der Waals surface area (Å²) < 4.78 is 2.13. The number of hydrogen-bond acceptors (Lipinski definition) is 3. The van der Waals surface area contributed by atoms with Crippen LogP contribution in [0.3, 0.4) is 0 Å². The highest BCUT2D eigenvalue weighted by Crippen LogP contribution is 2.44. The van der Waals surface area contributed by atoms with E-state index in [9.17, 15) is 0 Å². The predicted octanol–water partition coefficient (Wildman–Crippen LogP) is 4.20. The fourth-order valence-corrected chi connectivity index (χ4v) is 4.81. The molecule has 1 heterocycles. The van der Waals surface area contributed by atoms with Crippen LogP contribution in [0.5, 0.6) is 0 Å². The number of guanidine groups is 1. The Balaban J connectivity index is 0.00000261. The highest BCUT2D eigenvalue weighted by atomic mass is 127. The van der Waals surface area contributed by atoms with Gasteiger partial charge in [0.2, 0.25) is 0 Å². The number of nitrogens with zero attached hydrogens (tertiary/aromatic N) is 3. The van der Waals surface area contributed by atoms with Crippen molar-refractivity contribution in [1.29, 1.82) is 0 Å². The molecule has 1 aromatic carbocycles. The van der Waals surface area contributed by atoms with Gasteiger partial charge in [-0.1, -0.05) is 31.0 Å². The van der Waals surface area contributed by atoms with E-state index in [4.69, 9.17) is 4.99 Å². The summed E-state index contributed by atoms with van der Waals surface area (Å²) in [4.78, 5) is 6.09. The van der Waals surface area contributed by atoms with Gasteiger partial charge < -0.3 is 10.6 Å². The molecule has 1 aliphatic rings. The average molecular weight is 499 g/mol. The summed E-state index contributed by atoms with van der Waals surface area (Å²) in [6, 6.07) is 12.8. The van der Waals surface area contributed by atoms with Crippen LogP contribution >= 0.6 is 35.7 Å². The van der Waals surface area contributed by atoms with E-state index in [-0.39, 0.29) is 28.7 Å². The molecule has 7 heteroatoms. The van der Waals surface area contributed by atoms with Crippen molar-refractivity contribution in [2.45, 2.75) is 48.8 Å². The van der Waals surface area contributed by atoms with Crippen LogP contribution in [-0.4, -0.2) is 33.6 Å². The Kier molecular flexibility index (Phi) is 8.95. The molecule has 0 atom stereocenters. The zero-order chi connectivity index (χ0) is 18.2. The Hall–Kier alpha value is -1.22. The molecule has 2 aromatic rings. The monoisotopic (exact) mass is 499 g/mol. The summed E-state index contributed by atoms with van der Waals surface area (Å²) in [7, 11) is 1.95. The molecule has 1 fully saturated rings. The first-order valence-corrected chi connectivity index (χ1v) is 10.3. The first-order chi connectivity index (χ1) is 12.7. The van der Waals surface area contributed by atoms with E-state index in [2.05, 4.69) is 53.0 Å². The van der Waals surface area contributed by atoms with Gasteiger partial charge in [-0.3, -0.25) is 4.68 Å². The van der Waals surface area contributed by atoms with Gasteiger partial charge in [-0.25, -0.2) is 4.99 Å². The van der Waals surface area contributed by atoms with Crippen molar-refractivity contribution in [2.75, 3.05) is 13.1 Å². The Bertz CT molecular complexity index is 710. The second-order valence-corrected chi connectivity index (χ2v) is 8.34. The second kappa shape index (κ2) is 10.9. The fourth-order valence-electron chi connectivity index (χ4n) is 3.38. The highest BCUT2D eigenvalue weighted by Gasteiger charge is 2.35. The first kappa shape index (κ1) is 22.1. The molecule has 3 rings (SSSR count). The topological polar surface area (TPSA) is 54.2 Å². The number of halogens is 1. The number of rotatable bonds is 7. The lowest BCUT2D eigenvalue weighted by Crippen LogP contribution is -2.44. The van der Waals surface area contributed by atoms with Crippen molar-refractivity contribution in [3.63, 3.8) is 0 Å². The van der Waals surface area contributed by atoms with Gasteiger partial charge in [0.25, 0.3) is 0 Å². The van der Waals surface area contributed by atoms with Crippen molar-refractivity contribution in [1.82, 2.24) is 20.4 Å². The van der Waals surface area contributed by atoms with Crippen molar-refractivity contribution < 1.29 is 0 Å². The van der Waals surface area contributed by atoms with Crippen LogP contribution in [0.25, 0.3) is 0 Å². The molecule has 0 bridgehead atoms. The van der Waals surface area contributed by atoms with Crippen LogP contribution in [0, 0.1) is 0 Å². The zero-order valence-corrected chi connectivity index (χ0v) is 19.3. The molecule has 0 amide bonds. The minimum atomic E-state index is 0. The molecule has 1 saturated carbocycles. The van der Waals surface area contributed by atoms with Crippen molar-refractivity contribution in [3.8, 4) is 0 Å². The predicted molar refractivity (Wildman–Crippen MR) is 125 cm³/mol. The number of benzene rings is 1. The minimum Gasteiger partial charge on any atom is -0.357 e. The van der Waals surface area contributed by atoms with E-state index in [1.54, 1.807) is 0 Å². The van der Waals surface area contributed by atoms with Crippen LogP contribution in [-0.2, 0) is 13.6 Å². The van der Waals surface area contributed by atoms with Gasteiger partial charge in [0.1, 0.15) is 0 Å². The Morgan fingerprint density at radius 1 is 1.19 bits per heavy atom. The summed E-state index contributed by atoms with van der Waals surface area (Å²) in [5.41, 5.74) is 1.11. The third-order valence-electron chi connectivity index (χ3n) is 4.84. The van der Waals surface area contributed by atoms with Gasteiger partial charge in [0.05, 0.1) is 12.2 Å². The van der Waals surface area contributed by atoms with Gasteiger partial charge >= 0.3 is 0 Å². The molecule has 0 unspecified atom stereocenters. The smallest absolute Gasteiger partial charge is 0.191 e. The Labute approximate surface area is 183 Å². The maximum Gasteiger partial charge on any atom is 0.191 e. The summed E-state index contributed by atoms with van der Waals surface area (Å²) in [6.45, 7) is 4.52. The van der Waals surface area contributed by atoms with Crippen LogP contribution < -0.4 is 10.6 Å². The number of aliphatic imine (C=N–C) groups is 1. The van der Waals surface area contributed by atoms with Gasteiger partial charge in [-0.15, -0.1) is 35.7 Å². The molecule has 1 aliphatic carbocycles. The summed E-state index contributed by atoms with van der Waals surface area (Å²) in [5.74, 6) is 0.883. The lowest BCUT2D eigenvalue weighted by molar-refractivity contribution is 0.582. The van der Waals surface area contributed by atoms with Crippen LogP contribution in [0.15, 0.2) is 52.5 Å². The lowest BCUT2D eigenvalue weighted by atomic mass is 10.1. The van der Waals surface area contributed by atoms with Gasteiger partial charge in [0.15, 0.2) is 5.96 Å². The maximum atomic E-state index is 4.74. The van der Waals surface area contributed by atoms with Gasteiger partial charge in [-0.05, 0) is 38.0 Å².